The lowest BCUT2D eigenvalue weighted by atomic mass is 9.85. The van der Waals surface area contributed by atoms with Crippen LogP contribution in [0.15, 0.2) is 22.7 Å². The summed E-state index contributed by atoms with van der Waals surface area (Å²) < 4.78 is 27.6. The molecule has 0 radical (unpaired) electrons. The number of benzene rings is 1. The number of hydrogen-bond donors (Lipinski definition) is 1. The van der Waals surface area contributed by atoms with Crippen LogP contribution in [-0.4, -0.2) is 0 Å². The highest BCUT2D eigenvalue weighted by Crippen LogP contribution is 2.43. The van der Waals surface area contributed by atoms with Crippen LogP contribution in [0.2, 0.25) is 0 Å². The number of fused-ring (bicyclic) bond motifs is 1. The normalized spacial score (nSPS) is 24.4. The van der Waals surface area contributed by atoms with Crippen molar-refractivity contribution in [1.82, 2.24) is 0 Å². The zero-order valence-electron chi connectivity index (χ0n) is 7.43. The Bertz CT molecular complexity index is 365. The largest absolute Gasteiger partial charge is 0.324 e. The first kappa shape index (κ1) is 10.1. The maximum atomic E-state index is 13.5. The Labute approximate surface area is 89.4 Å². The molecule has 0 aliphatic heterocycles. The predicted molar refractivity (Wildman–Crippen MR) is 54.2 cm³/mol. The average Bonchev–Trinajstić information content (AvgIpc) is 2.12. The first-order chi connectivity index (χ1) is 6.50. The van der Waals surface area contributed by atoms with E-state index in [1.54, 1.807) is 12.1 Å². The van der Waals surface area contributed by atoms with Gasteiger partial charge in [-0.05, 0) is 24.1 Å². The minimum atomic E-state index is -2.73. The lowest BCUT2D eigenvalue weighted by molar-refractivity contribution is -0.0250. The average molecular weight is 262 g/mol. The highest BCUT2D eigenvalue weighted by atomic mass is 79.9. The maximum absolute atomic E-state index is 13.5. The van der Waals surface area contributed by atoms with Crippen molar-refractivity contribution >= 4 is 15.9 Å². The summed E-state index contributed by atoms with van der Waals surface area (Å²) in [6.45, 7) is 0. The van der Waals surface area contributed by atoms with Gasteiger partial charge in [0, 0.05) is 22.5 Å². The molecule has 0 aromatic heterocycles. The van der Waals surface area contributed by atoms with E-state index >= 15 is 0 Å². The lowest BCUT2D eigenvalue weighted by Crippen LogP contribution is -2.27. The maximum Gasteiger partial charge on any atom is 0.273 e. The summed E-state index contributed by atoms with van der Waals surface area (Å²) >= 11 is 3.19. The van der Waals surface area contributed by atoms with E-state index in [0.717, 1.165) is 0 Å². The highest BCUT2D eigenvalue weighted by molar-refractivity contribution is 9.10. The van der Waals surface area contributed by atoms with E-state index in [9.17, 15) is 8.78 Å². The van der Waals surface area contributed by atoms with E-state index < -0.39 is 5.92 Å². The van der Waals surface area contributed by atoms with Crippen LogP contribution < -0.4 is 5.73 Å². The van der Waals surface area contributed by atoms with Gasteiger partial charge in [0.25, 0.3) is 5.92 Å². The van der Waals surface area contributed by atoms with Gasteiger partial charge < -0.3 is 5.73 Å². The van der Waals surface area contributed by atoms with Crippen LogP contribution in [0.3, 0.4) is 0 Å². The Morgan fingerprint density at radius 2 is 2.14 bits per heavy atom. The molecule has 0 heterocycles. The van der Waals surface area contributed by atoms with Crippen LogP contribution in [-0.2, 0) is 5.92 Å². The third-order valence-corrected chi connectivity index (χ3v) is 3.07. The van der Waals surface area contributed by atoms with Gasteiger partial charge in [-0.2, -0.15) is 0 Å². The molecule has 0 spiro atoms. The second-order valence-electron chi connectivity index (χ2n) is 3.58. The third-order valence-electron chi connectivity index (χ3n) is 2.58. The molecule has 1 aromatic rings. The minimum Gasteiger partial charge on any atom is -0.324 e. The van der Waals surface area contributed by atoms with E-state index in [-0.39, 0.29) is 18.0 Å². The standard InChI is InChI=1S/C10H10BrF2N/c11-6-1-2-7-8(5-6)10(12,13)4-3-9(7)14/h1-2,5,9H,3-4,14H2. The molecule has 2 N–H and O–H groups in total. The van der Waals surface area contributed by atoms with Crippen LogP contribution in [0, 0.1) is 0 Å². The molecule has 0 saturated heterocycles. The molecular formula is C10H10BrF2N. The van der Waals surface area contributed by atoms with E-state index in [0.29, 0.717) is 16.5 Å². The van der Waals surface area contributed by atoms with Gasteiger partial charge in [-0.1, -0.05) is 22.0 Å². The van der Waals surface area contributed by atoms with Crippen LogP contribution >= 0.6 is 15.9 Å². The van der Waals surface area contributed by atoms with E-state index in [2.05, 4.69) is 15.9 Å². The van der Waals surface area contributed by atoms with Crippen LogP contribution in [0.5, 0.6) is 0 Å². The molecule has 1 aliphatic carbocycles. The van der Waals surface area contributed by atoms with Crippen molar-refractivity contribution in [3.63, 3.8) is 0 Å². The van der Waals surface area contributed by atoms with Gasteiger partial charge in [0.1, 0.15) is 0 Å². The van der Waals surface area contributed by atoms with Crippen LogP contribution in [0.4, 0.5) is 8.78 Å². The third kappa shape index (κ3) is 1.57. The summed E-state index contributed by atoms with van der Waals surface area (Å²) in [7, 11) is 0. The Morgan fingerprint density at radius 1 is 1.43 bits per heavy atom. The molecule has 1 aliphatic rings. The van der Waals surface area contributed by atoms with Crippen molar-refractivity contribution in [2.75, 3.05) is 0 Å². The number of nitrogens with two attached hydrogens (primary N) is 1. The van der Waals surface area contributed by atoms with Crippen LogP contribution in [0.25, 0.3) is 0 Å². The Morgan fingerprint density at radius 3 is 2.86 bits per heavy atom. The number of alkyl halides is 2. The topological polar surface area (TPSA) is 26.0 Å². The zero-order chi connectivity index (χ0) is 10.3. The van der Waals surface area contributed by atoms with Crippen molar-refractivity contribution in [2.45, 2.75) is 24.8 Å². The van der Waals surface area contributed by atoms with Gasteiger partial charge in [-0.15, -0.1) is 0 Å². The molecule has 0 saturated carbocycles. The van der Waals surface area contributed by atoms with Crippen molar-refractivity contribution in [1.29, 1.82) is 0 Å². The summed E-state index contributed by atoms with van der Waals surface area (Å²) in [5.41, 5.74) is 6.42. The summed E-state index contributed by atoms with van der Waals surface area (Å²) in [4.78, 5) is 0. The molecule has 0 bridgehead atoms. The van der Waals surface area contributed by atoms with Crippen LogP contribution in [0.1, 0.15) is 30.0 Å². The van der Waals surface area contributed by atoms with Gasteiger partial charge in [-0.25, -0.2) is 8.78 Å². The SMILES string of the molecule is NC1CCC(F)(F)c2cc(Br)ccc21. The number of rotatable bonds is 0. The first-order valence-electron chi connectivity index (χ1n) is 4.44. The molecule has 0 fully saturated rings. The number of halogens is 3. The fraction of sp³-hybridized carbons (Fsp3) is 0.400. The van der Waals surface area contributed by atoms with Gasteiger partial charge in [-0.3, -0.25) is 0 Å². The summed E-state index contributed by atoms with van der Waals surface area (Å²) in [6.07, 6.45) is 0.194. The van der Waals surface area contributed by atoms with Crippen molar-refractivity contribution in [2.24, 2.45) is 5.73 Å². The molecule has 1 nitrogen and oxygen atoms in total. The van der Waals surface area contributed by atoms with Gasteiger partial charge in [0.2, 0.25) is 0 Å². The predicted octanol–water partition coefficient (Wildman–Crippen LogP) is 3.33. The van der Waals surface area contributed by atoms with Crippen molar-refractivity contribution < 1.29 is 8.78 Å². The van der Waals surface area contributed by atoms with Gasteiger partial charge in [0.05, 0.1) is 0 Å². The quantitative estimate of drug-likeness (QED) is 0.762. The summed E-state index contributed by atoms with van der Waals surface area (Å²) in [5, 5.41) is 0. The zero-order valence-corrected chi connectivity index (χ0v) is 9.02. The monoisotopic (exact) mass is 261 g/mol. The molecule has 76 valence electrons. The Hall–Kier alpha value is -0.480. The van der Waals surface area contributed by atoms with Gasteiger partial charge >= 0.3 is 0 Å². The molecule has 1 atom stereocenters. The summed E-state index contributed by atoms with van der Waals surface area (Å²) in [5.74, 6) is -2.73. The second-order valence-corrected chi connectivity index (χ2v) is 4.50. The fourth-order valence-corrected chi connectivity index (χ4v) is 2.16. The smallest absolute Gasteiger partial charge is 0.273 e. The summed E-state index contributed by atoms with van der Waals surface area (Å²) in [6, 6.07) is 4.64. The highest BCUT2D eigenvalue weighted by Gasteiger charge is 2.39. The van der Waals surface area contributed by atoms with Crippen molar-refractivity contribution in [3.8, 4) is 0 Å². The lowest BCUT2D eigenvalue weighted by Gasteiger charge is -2.29. The van der Waals surface area contributed by atoms with Crippen molar-refractivity contribution in [3.05, 3.63) is 33.8 Å². The minimum absolute atomic E-state index is 0.0747. The molecule has 2 rings (SSSR count). The first-order valence-corrected chi connectivity index (χ1v) is 5.23. The fourth-order valence-electron chi connectivity index (χ4n) is 1.80. The Kier molecular flexibility index (Phi) is 2.35. The number of hydrogen-bond acceptors (Lipinski definition) is 1. The van der Waals surface area contributed by atoms with Gasteiger partial charge in [0.15, 0.2) is 0 Å². The van der Waals surface area contributed by atoms with E-state index in [1.807, 2.05) is 0 Å². The van der Waals surface area contributed by atoms with E-state index in [1.165, 1.54) is 6.07 Å². The molecule has 14 heavy (non-hydrogen) atoms. The van der Waals surface area contributed by atoms with E-state index in [4.69, 9.17) is 5.73 Å². The molecular weight excluding hydrogens is 252 g/mol. The molecule has 1 aromatic carbocycles. The molecule has 1 unspecified atom stereocenters. The molecule has 0 amide bonds. The molecule has 4 heteroatoms. The second kappa shape index (κ2) is 3.28. The Balaban J connectivity index is 2.58.